The zero-order valence-electron chi connectivity index (χ0n) is 10.3. The predicted molar refractivity (Wildman–Crippen MR) is 55.6 cm³/mol. The van der Waals surface area contributed by atoms with Gasteiger partial charge in [-0.25, -0.2) is 4.79 Å². The number of rotatable bonds is 2. The Bertz CT molecular complexity index is 646. The molecule has 0 spiro atoms. The van der Waals surface area contributed by atoms with Gasteiger partial charge >= 0.3 is 18.1 Å². The van der Waals surface area contributed by atoms with Gasteiger partial charge in [0.2, 0.25) is 0 Å². The Morgan fingerprint density at radius 3 is 2.38 bits per heavy atom. The van der Waals surface area contributed by atoms with Crippen molar-refractivity contribution in [3.05, 3.63) is 23.8 Å². The number of nitrogens with zero attached hydrogens (tertiary/aromatic N) is 6. The maximum atomic E-state index is 13.6. The zero-order valence-corrected chi connectivity index (χ0v) is 10.3. The zero-order chi connectivity index (χ0) is 15.8. The monoisotopic (exact) mass is 310 g/mol. The third kappa shape index (κ3) is 2.36. The average molecular weight is 310 g/mol. The van der Waals surface area contributed by atoms with Crippen LogP contribution < -0.4 is 0 Å². The van der Waals surface area contributed by atoms with Crippen LogP contribution in [0.25, 0.3) is 0 Å². The molecule has 0 aliphatic heterocycles. The van der Waals surface area contributed by atoms with Crippen molar-refractivity contribution in [2.45, 2.75) is 25.4 Å². The first-order valence-electron chi connectivity index (χ1n) is 5.50. The third-order valence-electron chi connectivity index (χ3n) is 2.53. The molecule has 0 radical (unpaired) electrons. The normalized spacial score (nSPS) is 12.7. The maximum Gasteiger partial charge on any atom is 0.459 e. The lowest BCUT2D eigenvalue weighted by atomic mass is 10.1. The molecular weight excluding hydrogens is 303 g/mol. The van der Waals surface area contributed by atoms with Crippen molar-refractivity contribution in [2.24, 2.45) is 0 Å². The van der Waals surface area contributed by atoms with Crippen LogP contribution in [0.3, 0.4) is 0 Å². The van der Waals surface area contributed by atoms with Gasteiger partial charge in [0.05, 0.1) is 18.1 Å². The van der Waals surface area contributed by atoms with Gasteiger partial charge in [0.1, 0.15) is 0 Å². The largest absolute Gasteiger partial charge is 0.459 e. The van der Waals surface area contributed by atoms with E-state index in [1.165, 1.54) is 6.92 Å². The highest BCUT2D eigenvalue weighted by molar-refractivity contribution is 5.78. The van der Waals surface area contributed by atoms with Gasteiger partial charge in [0.25, 0.3) is 0 Å². The second-order valence-electron chi connectivity index (χ2n) is 3.85. The molecule has 0 atom stereocenters. The fraction of sp³-hybridized carbons (Fsp3) is 0.444. The van der Waals surface area contributed by atoms with Crippen LogP contribution in [0.2, 0.25) is 0 Å². The Morgan fingerprint density at radius 2 is 1.90 bits per heavy atom. The van der Waals surface area contributed by atoms with Gasteiger partial charge in [-0.1, -0.05) is 17.4 Å². The van der Waals surface area contributed by atoms with Crippen molar-refractivity contribution in [1.29, 1.82) is 0 Å². The molecule has 0 saturated heterocycles. The molecule has 0 aliphatic carbocycles. The summed E-state index contributed by atoms with van der Waals surface area (Å²) >= 11 is 0. The first kappa shape index (κ1) is 15.0. The van der Waals surface area contributed by atoms with E-state index in [0.29, 0.717) is 4.68 Å². The van der Waals surface area contributed by atoms with Gasteiger partial charge < -0.3 is 0 Å². The van der Waals surface area contributed by atoms with Crippen LogP contribution in [0.1, 0.15) is 18.3 Å². The van der Waals surface area contributed by atoms with Gasteiger partial charge in [0.15, 0.2) is 5.69 Å². The molecule has 7 nitrogen and oxygen atoms in total. The van der Waals surface area contributed by atoms with Crippen LogP contribution in [-0.2, 0) is 12.3 Å². The van der Waals surface area contributed by atoms with Crippen LogP contribution >= 0.6 is 0 Å². The van der Waals surface area contributed by atoms with Crippen LogP contribution in [0.4, 0.5) is 26.7 Å². The molecule has 0 aromatic carbocycles. The molecule has 2 aromatic heterocycles. The Kier molecular flexibility index (Phi) is 3.47. The van der Waals surface area contributed by atoms with E-state index < -0.39 is 29.5 Å². The molecule has 2 rings (SSSR count). The highest BCUT2D eigenvalue weighted by Gasteiger charge is 2.62. The Balaban J connectivity index is 2.60. The van der Waals surface area contributed by atoms with Crippen LogP contribution in [-0.4, -0.2) is 42.2 Å². The number of hydrogen-bond donors (Lipinski definition) is 0. The molecule has 0 unspecified atom stereocenters. The summed E-state index contributed by atoms with van der Waals surface area (Å²) in [7, 11) is 0. The van der Waals surface area contributed by atoms with Crippen molar-refractivity contribution >= 4 is 6.03 Å². The molecule has 2 heterocycles. The molecule has 21 heavy (non-hydrogen) atoms. The molecule has 0 aliphatic rings. The van der Waals surface area contributed by atoms with Crippen LogP contribution in [0, 0.1) is 0 Å². The van der Waals surface area contributed by atoms with Crippen molar-refractivity contribution < 1.29 is 26.7 Å². The number of carbonyl (C=O) groups excluding carboxylic acids is 1. The fourth-order valence-electron chi connectivity index (χ4n) is 1.54. The summed E-state index contributed by atoms with van der Waals surface area (Å²) in [4.78, 5) is 11.9. The first-order chi connectivity index (χ1) is 9.70. The Hall–Kier alpha value is -2.40. The minimum absolute atomic E-state index is 0.124. The SMILES string of the molecule is CCc1nnn(C(=O)n2ccnn2)c1C(F)(F)C(F)(F)F. The molecular formula is C9H7F5N6O. The van der Waals surface area contributed by atoms with E-state index in [4.69, 9.17) is 0 Å². The highest BCUT2D eigenvalue weighted by atomic mass is 19.4. The lowest BCUT2D eigenvalue weighted by Gasteiger charge is -2.20. The lowest BCUT2D eigenvalue weighted by molar-refractivity contribution is -0.291. The predicted octanol–water partition coefficient (Wildman–Crippen LogP) is 1.60. The standard InChI is InChI=1S/C9H7F5N6O/c1-2-5-6(8(10,11)9(12,13)14)20(18-16-5)7(21)19-4-3-15-17-19/h3-4H,2H2,1H3. The molecule has 114 valence electrons. The van der Waals surface area contributed by atoms with E-state index in [9.17, 15) is 26.7 Å². The van der Waals surface area contributed by atoms with Crippen molar-refractivity contribution in [3.63, 3.8) is 0 Å². The van der Waals surface area contributed by atoms with Crippen molar-refractivity contribution in [3.8, 4) is 0 Å². The van der Waals surface area contributed by atoms with Gasteiger partial charge in [0, 0.05) is 0 Å². The third-order valence-corrected chi connectivity index (χ3v) is 2.53. The quantitative estimate of drug-likeness (QED) is 0.787. The van der Waals surface area contributed by atoms with Gasteiger partial charge in [-0.3, -0.25) is 0 Å². The number of halogens is 5. The van der Waals surface area contributed by atoms with Crippen molar-refractivity contribution in [2.75, 3.05) is 0 Å². The first-order valence-corrected chi connectivity index (χ1v) is 5.50. The summed E-state index contributed by atoms with van der Waals surface area (Å²) in [6.45, 7) is 1.31. The van der Waals surface area contributed by atoms with E-state index in [1.54, 1.807) is 0 Å². The summed E-state index contributed by atoms with van der Waals surface area (Å²) in [6.07, 6.45) is -4.12. The molecule has 0 N–H and O–H groups in total. The minimum atomic E-state index is -5.89. The fourth-order valence-corrected chi connectivity index (χ4v) is 1.54. The average Bonchev–Trinajstić information content (AvgIpc) is 3.05. The molecule has 0 bridgehead atoms. The molecule has 12 heteroatoms. The topological polar surface area (TPSA) is 78.5 Å². The summed E-state index contributed by atoms with van der Waals surface area (Å²) in [5, 5.41) is 12.7. The van der Waals surface area contributed by atoms with Crippen LogP contribution in [0.15, 0.2) is 12.4 Å². The number of aryl methyl sites for hydroxylation is 1. The molecule has 0 amide bonds. The summed E-state index contributed by atoms with van der Waals surface area (Å²) in [5.41, 5.74) is -2.26. The summed E-state index contributed by atoms with van der Waals surface area (Å²) < 4.78 is 65.1. The molecule has 2 aromatic rings. The Morgan fingerprint density at radius 1 is 1.24 bits per heavy atom. The van der Waals surface area contributed by atoms with E-state index in [1.807, 2.05) is 0 Å². The van der Waals surface area contributed by atoms with E-state index >= 15 is 0 Å². The second-order valence-corrected chi connectivity index (χ2v) is 3.85. The van der Waals surface area contributed by atoms with Gasteiger partial charge in [-0.15, -0.1) is 10.2 Å². The Labute approximate surface area is 113 Å². The van der Waals surface area contributed by atoms with Gasteiger partial charge in [-0.2, -0.15) is 31.3 Å². The molecule has 0 fully saturated rings. The van der Waals surface area contributed by atoms with Gasteiger partial charge in [-0.05, 0) is 6.42 Å². The highest BCUT2D eigenvalue weighted by Crippen LogP contribution is 2.44. The van der Waals surface area contributed by atoms with E-state index in [-0.39, 0.29) is 11.1 Å². The van der Waals surface area contributed by atoms with Crippen LogP contribution in [0.5, 0.6) is 0 Å². The summed E-state index contributed by atoms with van der Waals surface area (Å²) in [6, 6.07) is -1.35. The minimum Gasteiger partial charge on any atom is -0.243 e. The lowest BCUT2D eigenvalue weighted by Crippen LogP contribution is -2.39. The van der Waals surface area contributed by atoms with E-state index in [2.05, 4.69) is 20.6 Å². The summed E-state index contributed by atoms with van der Waals surface area (Å²) in [5.74, 6) is -5.28. The second kappa shape index (κ2) is 4.86. The molecule has 0 saturated carbocycles. The van der Waals surface area contributed by atoms with Crippen molar-refractivity contribution in [1.82, 2.24) is 30.0 Å². The number of aromatic nitrogens is 6. The number of alkyl halides is 5. The number of hydrogen-bond acceptors (Lipinski definition) is 5. The smallest absolute Gasteiger partial charge is 0.243 e. The number of carbonyl (C=O) groups is 1. The van der Waals surface area contributed by atoms with E-state index in [0.717, 1.165) is 12.4 Å². The maximum absolute atomic E-state index is 13.6.